The number of aldehydes is 2. The Morgan fingerprint density at radius 3 is 1.71 bits per heavy atom. The smallest absolute Gasteiger partial charge is 0.153 e. The van der Waals surface area contributed by atoms with Crippen molar-refractivity contribution in [3.8, 4) is 33.8 Å². The maximum atomic E-state index is 10.9. The third-order valence-corrected chi connectivity index (χ3v) is 5.87. The van der Waals surface area contributed by atoms with Crippen LogP contribution >= 0.6 is 0 Å². The van der Waals surface area contributed by atoms with Crippen molar-refractivity contribution in [1.29, 1.82) is 0 Å². The van der Waals surface area contributed by atoms with E-state index in [1.807, 2.05) is 67.6 Å². The van der Waals surface area contributed by atoms with Crippen molar-refractivity contribution in [2.75, 3.05) is 0 Å². The minimum Gasteiger partial charge on any atom is -0.507 e. The van der Waals surface area contributed by atoms with Crippen molar-refractivity contribution in [1.82, 2.24) is 0 Å². The van der Waals surface area contributed by atoms with Crippen LogP contribution < -0.4 is 0 Å². The molecule has 0 unspecified atom stereocenters. The van der Waals surface area contributed by atoms with Crippen LogP contribution in [-0.2, 0) is 0 Å². The molecule has 2 N–H and O–H groups in total. The van der Waals surface area contributed by atoms with E-state index < -0.39 is 0 Å². The van der Waals surface area contributed by atoms with E-state index in [1.165, 1.54) is 0 Å². The van der Waals surface area contributed by atoms with Crippen LogP contribution in [0.4, 0.5) is 0 Å². The van der Waals surface area contributed by atoms with Crippen LogP contribution in [0.25, 0.3) is 33.0 Å². The molecule has 5 aromatic rings. The molecule has 0 saturated heterocycles. The number of benzene rings is 5. The van der Waals surface area contributed by atoms with Gasteiger partial charge < -0.3 is 10.2 Å². The zero-order valence-corrected chi connectivity index (χ0v) is 19.2. The zero-order valence-electron chi connectivity index (χ0n) is 19.2. The molecule has 5 aromatic carbocycles. The van der Waals surface area contributed by atoms with E-state index in [9.17, 15) is 19.8 Å². The van der Waals surface area contributed by atoms with Gasteiger partial charge in [0.1, 0.15) is 11.5 Å². The van der Waals surface area contributed by atoms with Gasteiger partial charge in [-0.15, -0.1) is 0 Å². The van der Waals surface area contributed by atoms with Gasteiger partial charge in [-0.1, -0.05) is 78.9 Å². The van der Waals surface area contributed by atoms with Gasteiger partial charge in [-0.3, -0.25) is 9.59 Å². The molecular formula is C31H24O4. The fourth-order valence-corrected chi connectivity index (χ4v) is 4.01. The molecule has 0 radical (unpaired) electrons. The van der Waals surface area contributed by atoms with Gasteiger partial charge in [-0.25, -0.2) is 0 Å². The van der Waals surface area contributed by atoms with Crippen LogP contribution in [0.2, 0.25) is 0 Å². The Bertz CT molecular complexity index is 1510. The lowest BCUT2D eigenvalue weighted by Gasteiger charge is -2.08. The molecule has 0 aliphatic rings. The Labute approximate surface area is 203 Å². The number of hydrogen-bond donors (Lipinski definition) is 2. The minimum absolute atomic E-state index is 0.0130. The first-order chi connectivity index (χ1) is 17.0. The van der Waals surface area contributed by atoms with E-state index in [0.717, 1.165) is 38.6 Å². The SMILES string of the molecule is Cc1ccccc1-c1ccc(O)c(C=O)c1.O=Cc1cc(-c2cccc3ccccc23)ccc1O. The first kappa shape index (κ1) is 23.5. The predicted octanol–water partition coefficient (Wildman–Crippen LogP) is 7.21. The Hall–Kier alpha value is -4.70. The Morgan fingerprint density at radius 1 is 0.571 bits per heavy atom. The highest BCUT2D eigenvalue weighted by atomic mass is 16.3. The van der Waals surface area contributed by atoms with E-state index in [-0.39, 0.29) is 11.5 Å². The van der Waals surface area contributed by atoms with Crippen molar-refractivity contribution < 1.29 is 19.8 Å². The number of aryl methyl sites for hydroxylation is 1. The van der Waals surface area contributed by atoms with E-state index in [4.69, 9.17) is 0 Å². The Balaban J connectivity index is 0.000000168. The van der Waals surface area contributed by atoms with Gasteiger partial charge in [0, 0.05) is 0 Å². The Kier molecular flexibility index (Phi) is 7.03. The van der Waals surface area contributed by atoms with Crippen LogP contribution in [0.1, 0.15) is 26.3 Å². The molecule has 4 heteroatoms. The minimum atomic E-state index is 0.0130. The zero-order chi connectivity index (χ0) is 24.8. The van der Waals surface area contributed by atoms with Crippen molar-refractivity contribution in [3.63, 3.8) is 0 Å². The number of phenols is 2. The lowest BCUT2D eigenvalue weighted by Crippen LogP contribution is -1.86. The topological polar surface area (TPSA) is 74.6 Å². The maximum Gasteiger partial charge on any atom is 0.153 e. The van der Waals surface area contributed by atoms with E-state index in [1.54, 1.807) is 24.3 Å². The van der Waals surface area contributed by atoms with Crippen LogP contribution in [0, 0.1) is 6.92 Å². The van der Waals surface area contributed by atoms with Crippen molar-refractivity contribution in [2.45, 2.75) is 6.92 Å². The third kappa shape index (κ3) is 5.12. The highest BCUT2D eigenvalue weighted by Gasteiger charge is 2.07. The summed E-state index contributed by atoms with van der Waals surface area (Å²) in [5, 5.41) is 21.3. The van der Waals surface area contributed by atoms with Gasteiger partial charge in [0.25, 0.3) is 0 Å². The highest BCUT2D eigenvalue weighted by molar-refractivity contribution is 5.97. The second kappa shape index (κ2) is 10.5. The van der Waals surface area contributed by atoms with Gasteiger partial charge in [0.15, 0.2) is 12.6 Å². The van der Waals surface area contributed by atoms with E-state index >= 15 is 0 Å². The van der Waals surface area contributed by atoms with Gasteiger partial charge in [-0.2, -0.15) is 0 Å². The summed E-state index contributed by atoms with van der Waals surface area (Å²) in [6.07, 6.45) is 1.33. The monoisotopic (exact) mass is 460 g/mol. The van der Waals surface area contributed by atoms with Crippen molar-refractivity contribution in [2.24, 2.45) is 0 Å². The molecule has 0 bridgehead atoms. The molecular weight excluding hydrogens is 436 g/mol. The summed E-state index contributed by atoms with van der Waals surface area (Å²) in [5.41, 5.74) is 5.78. The second-order valence-electron chi connectivity index (χ2n) is 8.12. The largest absolute Gasteiger partial charge is 0.507 e. The summed E-state index contributed by atoms with van der Waals surface area (Å²) >= 11 is 0. The summed E-state index contributed by atoms with van der Waals surface area (Å²) in [6.45, 7) is 2.02. The van der Waals surface area contributed by atoms with Crippen LogP contribution in [0.5, 0.6) is 11.5 Å². The normalized spacial score (nSPS) is 10.3. The molecule has 5 rings (SSSR count). The van der Waals surface area contributed by atoms with Crippen LogP contribution in [0.3, 0.4) is 0 Å². The molecule has 4 nitrogen and oxygen atoms in total. The number of carbonyl (C=O) groups is 2. The predicted molar refractivity (Wildman–Crippen MR) is 140 cm³/mol. The average molecular weight is 461 g/mol. The molecule has 0 amide bonds. The number of rotatable bonds is 4. The number of hydrogen-bond acceptors (Lipinski definition) is 4. The van der Waals surface area contributed by atoms with Gasteiger partial charge in [-0.05, 0) is 69.8 Å². The molecule has 0 saturated carbocycles. The summed E-state index contributed by atoms with van der Waals surface area (Å²) in [5.74, 6) is 0.0336. The second-order valence-corrected chi connectivity index (χ2v) is 8.12. The lowest BCUT2D eigenvalue weighted by atomic mass is 9.97. The number of aromatic hydroxyl groups is 2. The summed E-state index contributed by atoms with van der Waals surface area (Å²) < 4.78 is 0. The number of carbonyl (C=O) groups excluding carboxylic acids is 2. The van der Waals surface area contributed by atoms with Crippen molar-refractivity contribution >= 4 is 23.3 Å². The standard InChI is InChI=1S/C17H12O2.C14H12O2/c18-11-14-10-13(8-9-17(14)19)16-7-3-5-12-4-1-2-6-15(12)16;1-10-4-2-3-5-13(10)11-6-7-14(16)12(8-11)9-15/h1-11,19H;2-9,16H,1H3. The molecule has 0 atom stereocenters. The van der Waals surface area contributed by atoms with Gasteiger partial charge in [0.2, 0.25) is 0 Å². The molecule has 0 aliphatic heterocycles. The first-order valence-corrected chi connectivity index (χ1v) is 11.1. The first-order valence-electron chi connectivity index (χ1n) is 11.1. The Morgan fingerprint density at radius 2 is 1.09 bits per heavy atom. The van der Waals surface area contributed by atoms with Gasteiger partial charge in [0.05, 0.1) is 11.1 Å². The lowest BCUT2D eigenvalue weighted by molar-refractivity contribution is 0.111. The molecule has 0 heterocycles. The van der Waals surface area contributed by atoms with Crippen molar-refractivity contribution in [3.05, 3.63) is 120 Å². The highest BCUT2D eigenvalue weighted by Crippen LogP contribution is 2.31. The molecule has 0 spiro atoms. The summed E-state index contributed by atoms with van der Waals surface area (Å²) in [7, 11) is 0. The number of phenolic OH excluding ortho intramolecular Hbond substituents is 2. The maximum absolute atomic E-state index is 10.9. The fraction of sp³-hybridized carbons (Fsp3) is 0.0323. The fourth-order valence-electron chi connectivity index (χ4n) is 4.01. The molecule has 172 valence electrons. The molecule has 0 aromatic heterocycles. The molecule has 0 fully saturated rings. The number of fused-ring (bicyclic) bond motifs is 1. The summed E-state index contributed by atoms with van der Waals surface area (Å²) in [4.78, 5) is 21.7. The quantitative estimate of drug-likeness (QED) is 0.278. The van der Waals surface area contributed by atoms with Gasteiger partial charge >= 0.3 is 0 Å². The van der Waals surface area contributed by atoms with Crippen LogP contribution in [0.15, 0.2) is 103 Å². The van der Waals surface area contributed by atoms with Crippen LogP contribution in [-0.4, -0.2) is 22.8 Å². The van der Waals surface area contributed by atoms with E-state index in [2.05, 4.69) is 18.2 Å². The summed E-state index contributed by atoms with van der Waals surface area (Å²) in [6, 6.07) is 32.3. The third-order valence-electron chi connectivity index (χ3n) is 5.87. The average Bonchev–Trinajstić information content (AvgIpc) is 2.90. The van der Waals surface area contributed by atoms with E-state index in [0.29, 0.717) is 23.7 Å². The molecule has 0 aliphatic carbocycles. The molecule has 35 heavy (non-hydrogen) atoms.